The van der Waals surface area contributed by atoms with Crippen molar-refractivity contribution < 1.29 is 4.74 Å². The number of nitrogens with one attached hydrogen (secondary N) is 1. The van der Waals surface area contributed by atoms with E-state index in [0.29, 0.717) is 5.95 Å². The topological polar surface area (TPSA) is 47.0 Å². The fraction of sp³-hybridized carbons (Fsp3) is 0.333. The van der Waals surface area contributed by atoms with Crippen LogP contribution in [-0.2, 0) is 0 Å². The van der Waals surface area contributed by atoms with E-state index in [1.54, 1.807) is 13.3 Å². The number of aryl methyl sites for hydroxylation is 2. The highest BCUT2D eigenvalue weighted by molar-refractivity contribution is 5.74. The van der Waals surface area contributed by atoms with Gasteiger partial charge in [0, 0.05) is 18.8 Å². The SMILES string of the molecule is CNc1nccc(-c2c(C)cc(C)c(C)c2OC)n1. The fourth-order valence-corrected chi connectivity index (χ4v) is 2.24. The molecule has 4 heteroatoms. The summed E-state index contributed by atoms with van der Waals surface area (Å²) in [5.74, 6) is 1.50. The molecule has 1 aromatic carbocycles. The van der Waals surface area contributed by atoms with Gasteiger partial charge in [-0.25, -0.2) is 9.97 Å². The normalized spacial score (nSPS) is 10.4. The molecule has 0 saturated carbocycles. The Hall–Kier alpha value is -2.10. The average Bonchev–Trinajstić information content (AvgIpc) is 2.42. The molecule has 1 aromatic heterocycles. The molecular weight excluding hydrogens is 238 g/mol. The molecule has 0 aliphatic carbocycles. The summed E-state index contributed by atoms with van der Waals surface area (Å²) in [5, 5.41) is 2.96. The van der Waals surface area contributed by atoms with E-state index in [-0.39, 0.29) is 0 Å². The number of hydrogen-bond acceptors (Lipinski definition) is 4. The minimum atomic E-state index is 0.609. The van der Waals surface area contributed by atoms with Crippen molar-refractivity contribution >= 4 is 5.95 Å². The van der Waals surface area contributed by atoms with E-state index in [4.69, 9.17) is 4.74 Å². The van der Waals surface area contributed by atoms with Gasteiger partial charge in [0.15, 0.2) is 0 Å². The molecule has 0 aliphatic heterocycles. The standard InChI is InChI=1S/C15H19N3O/c1-9-8-10(2)13(14(19-5)11(9)3)12-6-7-17-15(16-4)18-12/h6-8H,1-5H3,(H,16,17,18). The van der Waals surface area contributed by atoms with E-state index in [2.05, 4.69) is 42.1 Å². The molecule has 1 N–H and O–H groups in total. The lowest BCUT2D eigenvalue weighted by Crippen LogP contribution is -2.01. The molecule has 0 saturated heterocycles. The van der Waals surface area contributed by atoms with Crippen LogP contribution in [0.4, 0.5) is 5.95 Å². The van der Waals surface area contributed by atoms with Crippen LogP contribution in [0.2, 0.25) is 0 Å². The van der Waals surface area contributed by atoms with Crippen molar-refractivity contribution in [3.05, 3.63) is 35.0 Å². The molecule has 0 unspecified atom stereocenters. The maximum Gasteiger partial charge on any atom is 0.222 e. The van der Waals surface area contributed by atoms with Crippen molar-refractivity contribution in [1.82, 2.24) is 9.97 Å². The van der Waals surface area contributed by atoms with Crippen LogP contribution in [-0.4, -0.2) is 24.1 Å². The number of methoxy groups -OCH3 is 1. The van der Waals surface area contributed by atoms with Gasteiger partial charge in [-0.2, -0.15) is 0 Å². The summed E-state index contributed by atoms with van der Waals surface area (Å²) < 4.78 is 5.58. The van der Waals surface area contributed by atoms with Crippen LogP contribution in [0.15, 0.2) is 18.3 Å². The maximum absolute atomic E-state index is 5.58. The van der Waals surface area contributed by atoms with Crippen molar-refractivity contribution in [2.45, 2.75) is 20.8 Å². The van der Waals surface area contributed by atoms with Crippen LogP contribution in [0, 0.1) is 20.8 Å². The summed E-state index contributed by atoms with van der Waals surface area (Å²) in [6.07, 6.45) is 1.75. The Morgan fingerprint density at radius 2 is 1.89 bits per heavy atom. The summed E-state index contributed by atoms with van der Waals surface area (Å²) in [6.45, 7) is 6.23. The molecule has 0 atom stereocenters. The molecule has 0 bridgehead atoms. The van der Waals surface area contributed by atoms with Gasteiger partial charge in [-0.1, -0.05) is 6.07 Å². The number of rotatable bonds is 3. The van der Waals surface area contributed by atoms with Crippen LogP contribution < -0.4 is 10.1 Å². The molecule has 0 radical (unpaired) electrons. The quantitative estimate of drug-likeness (QED) is 0.917. The number of hydrogen-bond donors (Lipinski definition) is 1. The minimum Gasteiger partial charge on any atom is -0.496 e. The molecule has 0 aliphatic rings. The van der Waals surface area contributed by atoms with Crippen molar-refractivity contribution in [2.75, 3.05) is 19.5 Å². The summed E-state index contributed by atoms with van der Waals surface area (Å²) in [4.78, 5) is 8.64. The number of nitrogens with zero attached hydrogens (tertiary/aromatic N) is 2. The van der Waals surface area contributed by atoms with Crippen LogP contribution in [0.3, 0.4) is 0 Å². The Labute approximate surface area is 113 Å². The van der Waals surface area contributed by atoms with E-state index < -0.39 is 0 Å². The third-order valence-corrected chi connectivity index (χ3v) is 3.33. The lowest BCUT2D eigenvalue weighted by Gasteiger charge is -2.16. The van der Waals surface area contributed by atoms with E-state index in [1.807, 2.05) is 13.1 Å². The maximum atomic E-state index is 5.58. The molecular formula is C15H19N3O. The Morgan fingerprint density at radius 3 is 2.53 bits per heavy atom. The highest BCUT2D eigenvalue weighted by Crippen LogP contribution is 2.36. The lowest BCUT2D eigenvalue weighted by atomic mass is 9.97. The predicted molar refractivity (Wildman–Crippen MR) is 77.8 cm³/mol. The van der Waals surface area contributed by atoms with Crippen molar-refractivity contribution in [2.24, 2.45) is 0 Å². The molecule has 2 aromatic rings. The van der Waals surface area contributed by atoms with Crippen LogP contribution in [0.1, 0.15) is 16.7 Å². The smallest absolute Gasteiger partial charge is 0.222 e. The first-order valence-corrected chi connectivity index (χ1v) is 6.24. The van der Waals surface area contributed by atoms with Gasteiger partial charge in [0.05, 0.1) is 12.8 Å². The predicted octanol–water partition coefficient (Wildman–Crippen LogP) is 3.12. The Balaban J connectivity index is 2.70. The first kappa shape index (κ1) is 13.3. The molecule has 0 spiro atoms. The van der Waals surface area contributed by atoms with Gasteiger partial charge < -0.3 is 10.1 Å². The van der Waals surface area contributed by atoms with Gasteiger partial charge in [0.25, 0.3) is 0 Å². The second-order valence-corrected chi connectivity index (χ2v) is 4.56. The molecule has 100 valence electrons. The lowest BCUT2D eigenvalue weighted by molar-refractivity contribution is 0.412. The first-order chi connectivity index (χ1) is 9.08. The second kappa shape index (κ2) is 5.26. The van der Waals surface area contributed by atoms with Crippen LogP contribution >= 0.6 is 0 Å². The van der Waals surface area contributed by atoms with Gasteiger partial charge in [-0.05, 0) is 43.5 Å². The van der Waals surface area contributed by atoms with Gasteiger partial charge >= 0.3 is 0 Å². The van der Waals surface area contributed by atoms with Crippen LogP contribution in [0.25, 0.3) is 11.3 Å². The highest BCUT2D eigenvalue weighted by Gasteiger charge is 2.15. The monoisotopic (exact) mass is 257 g/mol. The van der Waals surface area contributed by atoms with Gasteiger partial charge in [-0.3, -0.25) is 0 Å². The van der Waals surface area contributed by atoms with Crippen LogP contribution in [0.5, 0.6) is 5.75 Å². The third-order valence-electron chi connectivity index (χ3n) is 3.33. The van der Waals surface area contributed by atoms with Gasteiger partial charge in [-0.15, -0.1) is 0 Å². The zero-order valence-electron chi connectivity index (χ0n) is 12.0. The van der Waals surface area contributed by atoms with Crippen molar-refractivity contribution in [3.8, 4) is 17.0 Å². The average molecular weight is 257 g/mol. The van der Waals surface area contributed by atoms with E-state index in [0.717, 1.165) is 28.1 Å². The zero-order valence-corrected chi connectivity index (χ0v) is 12.0. The Morgan fingerprint density at radius 1 is 1.16 bits per heavy atom. The number of ether oxygens (including phenoxy) is 1. The van der Waals surface area contributed by atoms with Crippen molar-refractivity contribution in [3.63, 3.8) is 0 Å². The van der Waals surface area contributed by atoms with Crippen molar-refractivity contribution in [1.29, 1.82) is 0 Å². The minimum absolute atomic E-state index is 0.609. The van der Waals surface area contributed by atoms with E-state index in [1.165, 1.54) is 5.56 Å². The Bertz CT molecular complexity index is 609. The molecule has 0 amide bonds. The molecule has 2 rings (SSSR count). The third kappa shape index (κ3) is 2.38. The molecule has 19 heavy (non-hydrogen) atoms. The van der Waals surface area contributed by atoms with E-state index in [9.17, 15) is 0 Å². The molecule has 0 fully saturated rings. The number of benzene rings is 1. The molecule has 1 heterocycles. The molecule has 4 nitrogen and oxygen atoms in total. The van der Waals surface area contributed by atoms with Gasteiger partial charge in [0.1, 0.15) is 5.75 Å². The fourth-order valence-electron chi connectivity index (χ4n) is 2.24. The number of anilines is 1. The first-order valence-electron chi connectivity index (χ1n) is 6.24. The summed E-state index contributed by atoms with van der Waals surface area (Å²) in [6, 6.07) is 4.06. The largest absolute Gasteiger partial charge is 0.496 e. The Kier molecular flexibility index (Phi) is 3.69. The summed E-state index contributed by atoms with van der Waals surface area (Å²) in [7, 11) is 3.51. The highest BCUT2D eigenvalue weighted by atomic mass is 16.5. The second-order valence-electron chi connectivity index (χ2n) is 4.56. The van der Waals surface area contributed by atoms with E-state index >= 15 is 0 Å². The summed E-state index contributed by atoms with van der Waals surface area (Å²) in [5.41, 5.74) is 5.43. The number of aromatic nitrogens is 2. The van der Waals surface area contributed by atoms with Gasteiger partial charge in [0.2, 0.25) is 5.95 Å². The zero-order chi connectivity index (χ0) is 14.0. The summed E-state index contributed by atoms with van der Waals surface area (Å²) >= 11 is 0.